The molecule has 5 aromatic carbocycles. The van der Waals surface area contributed by atoms with E-state index in [0.29, 0.717) is 14.5 Å². The van der Waals surface area contributed by atoms with Crippen molar-refractivity contribution in [3.05, 3.63) is 103 Å². The molecule has 7 rings (SSSR count). The Labute approximate surface area is 185 Å². The van der Waals surface area contributed by atoms with Gasteiger partial charge in [0.2, 0.25) is 0 Å². The SMILES string of the molecule is c1ccc2c(c1)[se]c1c(-c3ccc4c5ccccc5c5ccncc5c4c3)cccc12. The summed E-state index contributed by atoms with van der Waals surface area (Å²) in [5.74, 6) is 0. The molecular formula is C29H17NSe. The molecule has 0 N–H and O–H groups in total. The van der Waals surface area contributed by atoms with Gasteiger partial charge in [-0.05, 0) is 0 Å². The number of hydrogen-bond donors (Lipinski definition) is 0. The van der Waals surface area contributed by atoms with Crippen molar-refractivity contribution in [1.29, 1.82) is 0 Å². The third-order valence-corrected chi connectivity index (χ3v) is 8.91. The van der Waals surface area contributed by atoms with Crippen molar-refractivity contribution in [2.75, 3.05) is 0 Å². The fraction of sp³-hybridized carbons (Fsp3) is 0. The van der Waals surface area contributed by atoms with Crippen LogP contribution in [0.15, 0.2) is 103 Å². The molecule has 0 unspecified atom stereocenters. The van der Waals surface area contributed by atoms with Crippen molar-refractivity contribution in [2.45, 2.75) is 0 Å². The molecule has 0 spiro atoms. The summed E-state index contributed by atoms with van der Waals surface area (Å²) in [6.45, 7) is 0. The molecule has 7 aromatic rings. The summed E-state index contributed by atoms with van der Waals surface area (Å²) in [4.78, 5) is 4.46. The average Bonchev–Trinajstić information content (AvgIpc) is 3.23. The van der Waals surface area contributed by atoms with Crippen molar-refractivity contribution >= 4 is 66.1 Å². The van der Waals surface area contributed by atoms with Crippen LogP contribution in [0.5, 0.6) is 0 Å². The van der Waals surface area contributed by atoms with Gasteiger partial charge in [0.25, 0.3) is 0 Å². The van der Waals surface area contributed by atoms with Crippen LogP contribution < -0.4 is 0 Å². The van der Waals surface area contributed by atoms with Crippen LogP contribution in [0.25, 0.3) is 62.7 Å². The summed E-state index contributed by atoms with van der Waals surface area (Å²) in [5.41, 5.74) is 2.65. The number of rotatable bonds is 1. The molecular weight excluding hydrogens is 441 g/mol. The molecule has 144 valence electrons. The zero-order valence-corrected chi connectivity index (χ0v) is 18.4. The molecule has 0 amide bonds. The molecule has 0 saturated heterocycles. The maximum absolute atomic E-state index is 4.46. The summed E-state index contributed by atoms with van der Waals surface area (Å²) in [6, 6.07) is 33.4. The van der Waals surface area contributed by atoms with Gasteiger partial charge in [-0.15, -0.1) is 0 Å². The van der Waals surface area contributed by atoms with Gasteiger partial charge in [-0.1, -0.05) is 0 Å². The third-order valence-electron chi connectivity index (χ3n) is 6.35. The molecule has 0 radical (unpaired) electrons. The first kappa shape index (κ1) is 17.3. The summed E-state index contributed by atoms with van der Waals surface area (Å²) in [6.07, 6.45) is 3.91. The first-order chi connectivity index (χ1) is 15.4. The summed E-state index contributed by atoms with van der Waals surface area (Å²) >= 11 is 0.338. The molecule has 0 saturated carbocycles. The molecule has 2 heterocycles. The molecule has 2 heteroatoms. The van der Waals surface area contributed by atoms with Gasteiger partial charge in [-0.3, -0.25) is 0 Å². The Kier molecular flexibility index (Phi) is 3.63. The second kappa shape index (κ2) is 6.52. The zero-order chi connectivity index (χ0) is 20.4. The van der Waals surface area contributed by atoms with E-state index in [1.807, 2.05) is 12.4 Å². The van der Waals surface area contributed by atoms with E-state index in [1.165, 1.54) is 62.7 Å². The van der Waals surface area contributed by atoms with Gasteiger partial charge in [0.1, 0.15) is 0 Å². The Morgan fingerprint density at radius 2 is 1.23 bits per heavy atom. The minimum atomic E-state index is 0.338. The summed E-state index contributed by atoms with van der Waals surface area (Å²) in [7, 11) is 0. The molecule has 1 nitrogen and oxygen atoms in total. The van der Waals surface area contributed by atoms with Crippen LogP contribution in [0.4, 0.5) is 0 Å². The van der Waals surface area contributed by atoms with Gasteiger partial charge in [0, 0.05) is 0 Å². The molecule has 2 aromatic heterocycles. The fourth-order valence-corrected chi connectivity index (χ4v) is 7.54. The van der Waals surface area contributed by atoms with Crippen molar-refractivity contribution in [3.8, 4) is 11.1 Å². The van der Waals surface area contributed by atoms with Crippen LogP contribution in [0, 0.1) is 0 Å². The predicted octanol–water partition coefficient (Wildman–Crippen LogP) is 7.57. The van der Waals surface area contributed by atoms with E-state index in [9.17, 15) is 0 Å². The fourth-order valence-electron chi connectivity index (χ4n) is 4.94. The summed E-state index contributed by atoms with van der Waals surface area (Å²) < 4.78 is 2.98. The van der Waals surface area contributed by atoms with E-state index >= 15 is 0 Å². The molecule has 0 aliphatic carbocycles. The first-order valence-electron chi connectivity index (χ1n) is 10.5. The average molecular weight is 458 g/mol. The van der Waals surface area contributed by atoms with Crippen LogP contribution in [0.3, 0.4) is 0 Å². The number of hydrogen-bond acceptors (Lipinski definition) is 1. The Morgan fingerprint density at radius 1 is 0.516 bits per heavy atom. The second-order valence-corrected chi connectivity index (χ2v) is 10.2. The zero-order valence-electron chi connectivity index (χ0n) is 16.7. The molecule has 0 bridgehead atoms. The van der Waals surface area contributed by atoms with Gasteiger partial charge < -0.3 is 0 Å². The normalized spacial score (nSPS) is 11.9. The van der Waals surface area contributed by atoms with Crippen LogP contribution in [-0.4, -0.2) is 19.5 Å². The monoisotopic (exact) mass is 459 g/mol. The van der Waals surface area contributed by atoms with Crippen molar-refractivity contribution in [3.63, 3.8) is 0 Å². The van der Waals surface area contributed by atoms with Crippen molar-refractivity contribution in [2.24, 2.45) is 0 Å². The van der Waals surface area contributed by atoms with Crippen LogP contribution in [0.1, 0.15) is 0 Å². The molecule has 0 atom stereocenters. The minimum absolute atomic E-state index is 0.338. The maximum atomic E-state index is 4.46. The number of aromatic nitrogens is 1. The summed E-state index contributed by atoms with van der Waals surface area (Å²) in [5, 5.41) is 10.5. The second-order valence-electron chi connectivity index (χ2n) is 8.01. The Bertz CT molecular complexity index is 1760. The Balaban J connectivity index is 1.60. The number of fused-ring (bicyclic) bond motifs is 9. The molecule has 0 aliphatic rings. The van der Waals surface area contributed by atoms with E-state index < -0.39 is 0 Å². The van der Waals surface area contributed by atoms with Crippen LogP contribution in [0.2, 0.25) is 0 Å². The van der Waals surface area contributed by atoms with Gasteiger partial charge in [0.15, 0.2) is 0 Å². The van der Waals surface area contributed by atoms with E-state index in [4.69, 9.17) is 0 Å². The Hall–Kier alpha value is -3.45. The van der Waals surface area contributed by atoms with E-state index in [0.717, 1.165) is 0 Å². The molecule has 31 heavy (non-hydrogen) atoms. The quantitative estimate of drug-likeness (QED) is 0.183. The van der Waals surface area contributed by atoms with Gasteiger partial charge in [-0.2, -0.15) is 0 Å². The number of nitrogens with zero attached hydrogens (tertiary/aromatic N) is 1. The molecule has 0 fully saturated rings. The van der Waals surface area contributed by atoms with Gasteiger partial charge >= 0.3 is 186 Å². The van der Waals surface area contributed by atoms with Crippen LogP contribution in [-0.2, 0) is 0 Å². The number of benzene rings is 5. The Morgan fingerprint density at radius 3 is 2.10 bits per heavy atom. The van der Waals surface area contributed by atoms with Gasteiger partial charge in [-0.25, -0.2) is 0 Å². The van der Waals surface area contributed by atoms with E-state index in [1.54, 1.807) is 0 Å². The van der Waals surface area contributed by atoms with Crippen molar-refractivity contribution in [1.82, 2.24) is 4.98 Å². The number of pyridine rings is 1. The van der Waals surface area contributed by atoms with Crippen molar-refractivity contribution < 1.29 is 0 Å². The third kappa shape index (κ3) is 2.47. The van der Waals surface area contributed by atoms with E-state index in [2.05, 4.69) is 96.0 Å². The first-order valence-corrected chi connectivity index (χ1v) is 12.2. The van der Waals surface area contributed by atoms with Crippen LogP contribution >= 0.6 is 0 Å². The van der Waals surface area contributed by atoms with Gasteiger partial charge in [0.05, 0.1) is 0 Å². The standard InChI is InChI=1S/C29H17NSe/c1-2-7-21-20(6-1)22-13-12-18(16-26(22)27-17-30-15-14-23(21)27)19-9-5-10-25-24-8-3-4-11-28(24)31-29(19)25/h1-17H. The topological polar surface area (TPSA) is 12.9 Å². The van der Waals surface area contributed by atoms with E-state index in [-0.39, 0.29) is 0 Å². The molecule has 0 aliphatic heterocycles. The predicted molar refractivity (Wildman–Crippen MR) is 134 cm³/mol.